The van der Waals surface area contributed by atoms with E-state index in [1.807, 2.05) is 0 Å². The van der Waals surface area contributed by atoms with Crippen molar-refractivity contribution in [1.29, 1.82) is 0 Å². The van der Waals surface area contributed by atoms with Gasteiger partial charge in [-0.05, 0) is 0 Å². The highest BCUT2D eigenvalue weighted by molar-refractivity contribution is 7.63. The Hall–Kier alpha value is -1.47. The molecular weight excluding hydrogens is 408 g/mol. The molecule has 6 atom stereocenters. The van der Waals surface area contributed by atoms with Crippen LogP contribution in [0.15, 0.2) is 12.7 Å². The van der Waals surface area contributed by atoms with E-state index in [1.165, 1.54) is 17.2 Å². The molecule has 2 aromatic heterocycles. The van der Waals surface area contributed by atoms with E-state index in [9.17, 15) is 24.2 Å². The van der Waals surface area contributed by atoms with Gasteiger partial charge in [0, 0.05) is 6.66 Å². The minimum absolute atomic E-state index is 0.109. The van der Waals surface area contributed by atoms with Crippen LogP contribution in [0.25, 0.3) is 11.2 Å². The molecule has 0 radical (unpaired) electrons. The van der Waals surface area contributed by atoms with Crippen molar-refractivity contribution in [2.24, 2.45) is 0 Å². The Balaban J connectivity index is 1.75. The second-order valence-corrected chi connectivity index (χ2v) is 9.23. The van der Waals surface area contributed by atoms with Gasteiger partial charge in [0.05, 0.1) is 12.9 Å². The lowest BCUT2D eigenvalue weighted by molar-refractivity contribution is -0.0501. The Labute approximate surface area is 151 Å². The lowest BCUT2D eigenvalue weighted by atomic mass is 10.1. The van der Waals surface area contributed by atoms with Crippen LogP contribution < -0.4 is 5.73 Å². The van der Waals surface area contributed by atoms with Crippen LogP contribution in [0.4, 0.5) is 5.82 Å². The third-order valence-corrected chi connectivity index (χ3v) is 6.17. The van der Waals surface area contributed by atoms with Gasteiger partial charge in [-0.2, -0.15) is 0 Å². The summed E-state index contributed by atoms with van der Waals surface area (Å²) in [5, 5.41) is 20.4. The molecule has 3 unspecified atom stereocenters. The summed E-state index contributed by atoms with van der Waals surface area (Å²) in [6.07, 6.45) is -2.90. The maximum atomic E-state index is 11.6. The number of nitrogens with zero attached hydrogens (tertiary/aromatic N) is 4. The molecule has 2 aromatic rings. The Bertz CT molecular complexity index is 932. The summed E-state index contributed by atoms with van der Waals surface area (Å²) in [5.41, 5.74) is 6.19. The highest BCUT2D eigenvalue weighted by atomic mass is 31.3. The number of aliphatic hydroxyl groups excluding tert-OH is 2. The molecular formula is C11H17N5O9P2. The molecule has 27 heavy (non-hydrogen) atoms. The van der Waals surface area contributed by atoms with Gasteiger partial charge in [0.2, 0.25) is 0 Å². The zero-order valence-electron chi connectivity index (χ0n) is 13.8. The number of ether oxygens (including phenoxy) is 1. The summed E-state index contributed by atoms with van der Waals surface area (Å²) < 4.78 is 38.1. The average Bonchev–Trinajstić information content (AvgIpc) is 3.07. The standard InChI is InChI=1S/C11H17N5O9P2/c1-26(19,20)25-27(21,22)23-2-5-7(17)8(18)11(24-5)16-4-15-6-9(12)13-3-14-10(6)16/h3-5,7-8,11,17-18H,2H2,1H3,(H,19,20)(H,21,22)(H2,12,13,14)/t5-,7+,8?,11-/m1/s1. The highest BCUT2D eigenvalue weighted by Crippen LogP contribution is 2.58. The molecule has 1 aliphatic heterocycles. The van der Waals surface area contributed by atoms with Gasteiger partial charge in [0.1, 0.15) is 30.2 Å². The Morgan fingerprint density at radius 3 is 2.63 bits per heavy atom. The van der Waals surface area contributed by atoms with Crippen LogP contribution in [0.3, 0.4) is 0 Å². The average molecular weight is 425 g/mol. The second-order valence-electron chi connectivity index (χ2n) is 5.78. The molecule has 1 fully saturated rings. The van der Waals surface area contributed by atoms with Crippen molar-refractivity contribution >= 4 is 32.4 Å². The molecule has 1 saturated heterocycles. The van der Waals surface area contributed by atoms with Crippen LogP contribution >= 0.6 is 15.4 Å². The topological polar surface area (TPSA) is 212 Å². The lowest BCUT2D eigenvalue weighted by Gasteiger charge is -2.18. The fraction of sp³-hybridized carbons (Fsp3) is 0.545. The number of hydrogen-bond acceptors (Lipinski definition) is 11. The largest absolute Gasteiger partial charge is 0.479 e. The number of aliphatic hydroxyl groups is 2. The maximum Gasteiger partial charge on any atom is 0.479 e. The maximum absolute atomic E-state index is 11.6. The van der Waals surface area contributed by atoms with Gasteiger partial charge in [-0.3, -0.25) is 13.7 Å². The van der Waals surface area contributed by atoms with Crippen molar-refractivity contribution in [3.05, 3.63) is 12.7 Å². The number of anilines is 1. The molecule has 0 bridgehead atoms. The predicted octanol–water partition coefficient (Wildman–Crippen LogP) is -1.02. The molecule has 150 valence electrons. The molecule has 3 heterocycles. The first kappa shape index (κ1) is 20.3. The normalized spacial score (nSPS) is 30.3. The number of rotatable bonds is 6. The van der Waals surface area contributed by atoms with Gasteiger partial charge in [0.15, 0.2) is 17.7 Å². The van der Waals surface area contributed by atoms with Gasteiger partial charge in [-0.1, -0.05) is 0 Å². The summed E-state index contributed by atoms with van der Waals surface area (Å²) in [4.78, 5) is 30.2. The number of nitrogen functional groups attached to an aromatic ring is 1. The number of phosphoric acid groups is 1. The summed E-state index contributed by atoms with van der Waals surface area (Å²) >= 11 is 0. The van der Waals surface area contributed by atoms with E-state index in [4.69, 9.17) is 15.4 Å². The number of fused-ring (bicyclic) bond motifs is 1. The van der Waals surface area contributed by atoms with E-state index in [0.717, 1.165) is 0 Å². The molecule has 6 N–H and O–H groups in total. The number of imidazole rings is 1. The van der Waals surface area contributed by atoms with Crippen LogP contribution in [0.5, 0.6) is 0 Å². The number of nitrogens with two attached hydrogens (primary N) is 1. The van der Waals surface area contributed by atoms with Crippen molar-refractivity contribution in [3.63, 3.8) is 0 Å². The van der Waals surface area contributed by atoms with Crippen LogP contribution in [-0.4, -0.2) is 71.1 Å². The molecule has 1 aliphatic rings. The first-order valence-electron chi connectivity index (χ1n) is 7.42. The molecule has 0 saturated carbocycles. The molecule has 0 aliphatic carbocycles. The number of aromatic nitrogens is 4. The highest BCUT2D eigenvalue weighted by Gasteiger charge is 2.45. The minimum Gasteiger partial charge on any atom is -0.387 e. The predicted molar refractivity (Wildman–Crippen MR) is 88.3 cm³/mol. The van der Waals surface area contributed by atoms with Crippen molar-refractivity contribution in [2.75, 3.05) is 19.0 Å². The van der Waals surface area contributed by atoms with Crippen LogP contribution in [0, 0.1) is 0 Å². The van der Waals surface area contributed by atoms with Gasteiger partial charge < -0.3 is 30.5 Å². The van der Waals surface area contributed by atoms with E-state index < -0.39 is 46.6 Å². The van der Waals surface area contributed by atoms with E-state index >= 15 is 0 Å². The summed E-state index contributed by atoms with van der Waals surface area (Å²) in [7, 11) is -9.17. The first-order valence-corrected chi connectivity index (χ1v) is 10.9. The summed E-state index contributed by atoms with van der Waals surface area (Å²) in [5.74, 6) is 0.109. The second kappa shape index (κ2) is 7.17. The fourth-order valence-corrected chi connectivity index (χ4v) is 4.59. The third kappa shape index (κ3) is 4.35. The number of phosphoric ester groups is 1. The van der Waals surface area contributed by atoms with E-state index in [0.29, 0.717) is 6.66 Å². The zero-order valence-corrected chi connectivity index (χ0v) is 15.6. The Morgan fingerprint density at radius 1 is 1.26 bits per heavy atom. The third-order valence-electron chi connectivity index (χ3n) is 3.66. The molecule has 3 rings (SSSR count). The smallest absolute Gasteiger partial charge is 0.387 e. The molecule has 0 aromatic carbocycles. The van der Waals surface area contributed by atoms with E-state index in [2.05, 4.69) is 23.8 Å². The van der Waals surface area contributed by atoms with Crippen LogP contribution in [0.2, 0.25) is 0 Å². The van der Waals surface area contributed by atoms with E-state index in [-0.39, 0.29) is 17.0 Å². The molecule has 14 nitrogen and oxygen atoms in total. The van der Waals surface area contributed by atoms with Gasteiger partial charge in [-0.15, -0.1) is 0 Å². The monoisotopic (exact) mass is 425 g/mol. The molecule has 0 spiro atoms. The summed E-state index contributed by atoms with van der Waals surface area (Å²) in [6.45, 7) is 0.00387. The number of hydrogen-bond donors (Lipinski definition) is 5. The van der Waals surface area contributed by atoms with Crippen LogP contribution in [0.1, 0.15) is 6.23 Å². The fourth-order valence-electron chi connectivity index (χ4n) is 2.54. The Kier molecular flexibility index (Phi) is 5.38. The summed E-state index contributed by atoms with van der Waals surface area (Å²) in [6, 6.07) is 0. The van der Waals surface area contributed by atoms with E-state index in [1.54, 1.807) is 0 Å². The Morgan fingerprint density at radius 2 is 1.96 bits per heavy atom. The lowest BCUT2D eigenvalue weighted by Crippen LogP contribution is -2.33. The minimum atomic E-state index is -4.88. The van der Waals surface area contributed by atoms with Crippen molar-refractivity contribution in [3.8, 4) is 0 Å². The van der Waals surface area contributed by atoms with Crippen molar-refractivity contribution in [1.82, 2.24) is 19.5 Å². The van der Waals surface area contributed by atoms with Gasteiger partial charge in [0.25, 0.3) is 0 Å². The molecule has 16 heteroatoms. The quantitative estimate of drug-likeness (QED) is 0.351. The van der Waals surface area contributed by atoms with Crippen LogP contribution in [-0.2, 0) is 22.7 Å². The van der Waals surface area contributed by atoms with Gasteiger partial charge >= 0.3 is 15.4 Å². The zero-order chi connectivity index (χ0) is 20.0. The van der Waals surface area contributed by atoms with Crippen molar-refractivity contribution < 1.29 is 42.7 Å². The van der Waals surface area contributed by atoms with Crippen molar-refractivity contribution in [2.45, 2.75) is 24.5 Å². The SMILES string of the molecule is CP(=O)(O)OP(=O)(O)OC[C@H]1O[C@@H](n2cnc3c(N)ncnc32)C(O)[C@H]1O. The first-order chi connectivity index (χ1) is 12.5. The van der Waals surface area contributed by atoms with Gasteiger partial charge in [-0.25, -0.2) is 23.8 Å². The molecule has 0 amide bonds.